The summed E-state index contributed by atoms with van der Waals surface area (Å²) in [6, 6.07) is 8.89. The summed E-state index contributed by atoms with van der Waals surface area (Å²) in [5.41, 5.74) is 5.38. The van der Waals surface area contributed by atoms with E-state index in [-0.39, 0.29) is 11.3 Å². The normalized spacial score (nSPS) is 22.3. The average molecular weight is 447 g/mol. The van der Waals surface area contributed by atoms with E-state index in [1.807, 2.05) is 4.90 Å². The second-order valence-corrected chi connectivity index (χ2v) is 10.1. The molecule has 33 heavy (non-hydrogen) atoms. The van der Waals surface area contributed by atoms with Crippen LogP contribution >= 0.6 is 0 Å². The fourth-order valence-electron chi connectivity index (χ4n) is 6.24. The van der Waals surface area contributed by atoms with Gasteiger partial charge < -0.3 is 15.1 Å². The molecule has 1 spiro atoms. The maximum atomic E-state index is 12.5. The van der Waals surface area contributed by atoms with Crippen molar-refractivity contribution in [3.8, 4) is 11.3 Å². The third-order valence-corrected chi connectivity index (χ3v) is 8.17. The highest BCUT2D eigenvalue weighted by Gasteiger charge is 2.40. The highest BCUT2D eigenvalue weighted by atomic mass is 16.2. The summed E-state index contributed by atoms with van der Waals surface area (Å²) in [4.78, 5) is 29.0. The Balaban J connectivity index is 1.18. The van der Waals surface area contributed by atoms with Gasteiger partial charge in [0.05, 0.1) is 12.2 Å². The van der Waals surface area contributed by atoms with Crippen LogP contribution in [0, 0.1) is 0 Å². The molecule has 7 nitrogen and oxygen atoms in total. The van der Waals surface area contributed by atoms with E-state index < -0.39 is 0 Å². The Morgan fingerprint density at radius 1 is 1.00 bits per heavy atom. The standard InChI is InChI=1S/C26H34N6O/c33-23(31-11-3-4-12-31)19-30-13-15-32(16-14-30)25-28-18-20-17-26(7-9-27-10-8-26)22-6-2-1-5-21(22)24(20)29-25/h1-2,5-6,18,27H,3-4,7-17,19H2. The topological polar surface area (TPSA) is 64.6 Å². The lowest BCUT2D eigenvalue weighted by molar-refractivity contribution is -0.131. The number of benzene rings is 1. The lowest BCUT2D eigenvalue weighted by atomic mass is 9.64. The van der Waals surface area contributed by atoms with Gasteiger partial charge in [0.15, 0.2) is 0 Å². The number of fused-ring (bicyclic) bond motifs is 4. The molecule has 4 aliphatic rings. The predicted molar refractivity (Wildman–Crippen MR) is 129 cm³/mol. The van der Waals surface area contributed by atoms with Crippen LogP contribution < -0.4 is 10.2 Å². The molecule has 1 aliphatic carbocycles. The van der Waals surface area contributed by atoms with Gasteiger partial charge in [-0.25, -0.2) is 9.97 Å². The van der Waals surface area contributed by atoms with Crippen molar-refractivity contribution >= 4 is 11.9 Å². The van der Waals surface area contributed by atoms with Crippen LogP contribution in [0.25, 0.3) is 11.3 Å². The Morgan fingerprint density at radius 3 is 2.55 bits per heavy atom. The summed E-state index contributed by atoms with van der Waals surface area (Å²) in [6.45, 7) is 8.05. The first-order valence-electron chi connectivity index (χ1n) is 12.6. The molecular weight excluding hydrogens is 412 g/mol. The highest BCUT2D eigenvalue weighted by molar-refractivity contribution is 5.78. The minimum atomic E-state index is 0.216. The molecule has 1 amide bonds. The smallest absolute Gasteiger partial charge is 0.236 e. The van der Waals surface area contributed by atoms with Gasteiger partial charge in [-0.05, 0) is 56.3 Å². The number of anilines is 1. The third kappa shape index (κ3) is 3.91. The number of piperazine rings is 1. The number of carbonyl (C=O) groups excluding carboxylic acids is 1. The highest BCUT2D eigenvalue weighted by Crippen LogP contribution is 2.47. The Hall–Kier alpha value is -2.51. The summed E-state index contributed by atoms with van der Waals surface area (Å²) in [7, 11) is 0. The van der Waals surface area contributed by atoms with Crippen molar-refractivity contribution < 1.29 is 4.79 Å². The van der Waals surface area contributed by atoms with Gasteiger partial charge in [-0.2, -0.15) is 0 Å². The van der Waals surface area contributed by atoms with E-state index in [1.54, 1.807) is 0 Å². The third-order valence-electron chi connectivity index (χ3n) is 8.17. The van der Waals surface area contributed by atoms with Crippen LogP contribution in [0.15, 0.2) is 30.5 Å². The van der Waals surface area contributed by atoms with Crippen LogP contribution in [0.1, 0.15) is 36.8 Å². The summed E-state index contributed by atoms with van der Waals surface area (Å²) in [5, 5.41) is 3.53. The van der Waals surface area contributed by atoms with E-state index in [9.17, 15) is 4.79 Å². The molecule has 7 heteroatoms. The first kappa shape index (κ1) is 21.1. The minimum absolute atomic E-state index is 0.216. The van der Waals surface area contributed by atoms with Gasteiger partial charge in [0.1, 0.15) is 0 Å². The lowest BCUT2D eigenvalue weighted by Gasteiger charge is -2.43. The van der Waals surface area contributed by atoms with Crippen molar-refractivity contribution in [2.45, 2.75) is 37.5 Å². The number of hydrogen-bond donors (Lipinski definition) is 1. The van der Waals surface area contributed by atoms with E-state index in [1.165, 1.54) is 29.5 Å². The van der Waals surface area contributed by atoms with Gasteiger partial charge in [0.2, 0.25) is 11.9 Å². The largest absolute Gasteiger partial charge is 0.342 e. The molecule has 0 atom stereocenters. The zero-order valence-electron chi connectivity index (χ0n) is 19.4. The summed E-state index contributed by atoms with van der Waals surface area (Å²) in [6.07, 6.45) is 7.76. The van der Waals surface area contributed by atoms with Gasteiger partial charge in [-0.1, -0.05) is 24.3 Å². The molecular formula is C26H34N6O. The number of aromatic nitrogens is 2. The van der Waals surface area contributed by atoms with Crippen LogP contribution in [0.2, 0.25) is 0 Å². The Morgan fingerprint density at radius 2 is 1.76 bits per heavy atom. The van der Waals surface area contributed by atoms with Gasteiger partial charge in [-0.3, -0.25) is 9.69 Å². The van der Waals surface area contributed by atoms with Crippen molar-refractivity contribution in [2.75, 3.05) is 63.8 Å². The maximum absolute atomic E-state index is 12.5. The number of amides is 1. The van der Waals surface area contributed by atoms with Crippen molar-refractivity contribution in [3.05, 3.63) is 41.6 Å². The second-order valence-electron chi connectivity index (χ2n) is 10.1. The summed E-state index contributed by atoms with van der Waals surface area (Å²) < 4.78 is 0. The number of hydrogen-bond acceptors (Lipinski definition) is 6. The average Bonchev–Trinajstić information content (AvgIpc) is 3.41. The van der Waals surface area contributed by atoms with E-state index in [4.69, 9.17) is 9.97 Å². The molecule has 3 saturated heterocycles. The molecule has 3 fully saturated rings. The van der Waals surface area contributed by atoms with Crippen LogP contribution in [0.3, 0.4) is 0 Å². The molecule has 0 radical (unpaired) electrons. The molecule has 3 aliphatic heterocycles. The molecule has 4 heterocycles. The van der Waals surface area contributed by atoms with E-state index in [2.05, 4.69) is 45.6 Å². The number of likely N-dealkylation sites (tertiary alicyclic amines) is 1. The number of carbonyl (C=O) groups is 1. The summed E-state index contributed by atoms with van der Waals surface area (Å²) >= 11 is 0. The first-order chi connectivity index (χ1) is 16.2. The van der Waals surface area contributed by atoms with Crippen LogP contribution in [-0.2, 0) is 16.6 Å². The van der Waals surface area contributed by atoms with E-state index in [0.717, 1.165) is 83.3 Å². The molecule has 174 valence electrons. The van der Waals surface area contributed by atoms with Crippen molar-refractivity contribution in [1.29, 1.82) is 0 Å². The molecule has 1 aromatic carbocycles. The number of nitrogens with one attached hydrogen (secondary N) is 1. The van der Waals surface area contributed by atoms with Crippen molar-refractivity contribution in [3.63, 3.8) is 0 Å². The molecule has 2 aromatic rings. The van der Waals surface area contributed by atoms with Gasteiger partial charge in [-0.15, -0.1) is 0 Å². The Bertz CT molecular complexity index is 1020. The van der Waals surface area contributed by atoms with Gasteiger partial charge in [0.25, 0.3) is 0 Å². The van der Waals surface area contributed by atoms with Crippen LogP contribution in [0.4, 0.5) is 5.95 Å². The zero-order valence-corrected chi connectivity index (χ0v) is 19.4. The minimum Gasteiger partial charge on any atom is -0.342 e. The fourth-order valence-corrected chi connectivity index (χ4v) is 6.24. The molecule has 0 bridgehead atoms. The lowest BCUT2D eigenvalue weighted by Crippen LogP contribution is -2.50. The van der Waals surface area contributed by atoms with Gasteiger partial charge in [0, 0.05) is 56.4 Å². The maximum Gasteiger partial charge on any atom is 0.236 e. The summed E-state index contributed by atoms with van der Waals surface area (Å²) in [5.74, 6) is 1.12. The van der Waals surface area contributed by atoms with Crippen LogP contribution in [-0.4, -0.2) is 84.6 Å². The fraction of sp³-hybridized carbons (Fsp3) is 0.577. The van der Waals surface area contributed by atoms with Crippen molar-refractivity contribution in [1.82, 2.24) is 25.1 Å². The molecule has 0 saturated carbocycles. The van der Waals surface area contributed by atoms with E-state index >= 15 is 0 Å². The Labute approximate surface area is 196 Å². The van der Waals surface area contributed by atoms with Gasteiger partial charge >= 0.3 is 0 Å². The van der Waals surface area contributed by atoms with Crippen LogP contribution in [0.5, 0.6) is 0 Å². The monoisotopic (exact) mass is 446 g/mol. The molecule has 1 N–H and O–H groups in total. The first-order valence-corrected chi connectivity index (χ1v) is 12.6. The number of piperidine rings is 1. The van der Waals surface area contributed by atoms with Crippen molar-refractivity contribution in [2.24, 2.45) is 0 Å². The number of nitrogens with zero attached hydrogens (tertiary/aromatic N) is 5. The zero-order chi connectivity index (χ0) is 22.3. The molecule has 1 aromatic heterocycles. The predicted octanol–water partition coefficient (Wildman–Crippen LogP) is 2.07. The Kier molecular flexibility index (Phi) is 5.54. The SMILES string of the molecule is O=C(CN1CCN(c2ncc3c(n2)-c2ccccc2C2(CCNCC2)C3)CC1)N1CCCC1. The molecule has 0 unspecified atom stereocenters. The second kappa shape index (κ2) is 8.69. The quantitative estimate of drug-likeness (QED) is 0.779. The molecule has 6 rings (SSSR count). The number of rotatable bonds is 3. The van der Waals surface area contributed by atoms with E-state index in [0.29, 0.717) is 6.54 Å².